The van der Waals surface area contributed by atoms with Gasteiger partial charge >= 0.3 is 5.97 Å². The molecule has 1 fully saturated rings. The molecule has 0 saturated heterocycles. The molecule has 1 atom stereocenters. The minimum absolute atomic E-state index is 0.214. The molecule has 5 nitrogen and oxygen atoms in total. The van der Waals surface area contributed by atoms with Gasteiger partial charge < -0.3 is 14.8 Å². The number of nitrogens with zero attached hydrogens (tertiary/aromatic N) is 1. The van der Waals surface area contributed by atoms with Crippen LogP contribution in [0.4, 0.5) is 4.39 Å². The predicted molar refractivity (Wildman–Crippen MR) is 130 cm³/mol. The van der Waals surface area contributed by atoms with Crippen LogP contribution in [0.1, 0.15) is 49.3 Å². The van der Waals surface area contributed by atoms with Crippen LogP contribution in [0.2, 0.25) is 0 Å². The van der Waals surface area contributed by atoms with E-state index in [1.807, 2.05) is 18.2 Å². The Morgan fingerprint density at radius 3 is 2.70 bits per heavy atom. The Labute approximate surface area is 196 Å². The van der Waals surface area contributed by atoms with Crippen LogP contribution in [0.15, 0.2) is 53.5 Å². The van der Waals surface area contributed by atoms with E-state index in [0.29, 0.717) is 22.2 Å². The lowest BCUT2D eigenvalue weighted by atomic mass is 9.84. The molecule has 7 heteroatoms. The molecule has 2 aliphatic rings. The first-order valence-electron chi connectivity index (χ1n) is 11.5. The number of aromatic nitrogens is 1. The van der Waals surface area contributed by atoms with Gasteiger partial charge in [0.2, 0.25) is 0 Å². The number of benzene rings is 2. The van der Waals surface area contributed by atoms with Gasteiger partial charge in [-0.1, -0.05) is 31.4 Å². The number of aliphatic imine (C=N–C) groups is 1. The molecule has 33 heavy (non-hydrogen) atoms. The lowest BCUT2D eigenvalue weighted by molar-refractivity contribution is -0.142. The molecule has 1 aliphatic heterocycles. The van der Waals surface area contributed by atoms with Crippen LogP contribution in [-0.2, 0) is 11.2 Å². The Bertz CT molecular complexity index is 1180. The number of fused-ring (bicyclic) bond motifs is 1. The fraction of sp³-hybridized carbons (Fsp3) is 0.385. The van der Waals surface area contributed by atoms with E-state index in [-0.39, 0.29) is 18.8 Å². The molecule has 5 rings (SSSR count). The van der Waals surface area contributed by atoms with E-state index >= 15 is 0 Å². The van der Waals surface area contributed by atoms with E-state index in [0.717, 1.165) is 16.8 Å². The lowest BCUT2D eigenvalue weighted by Crippen LogP contribution is -2.39. The summed E-state index contributed by atoms with van der Waals surface area (Å²) in [7, 11) is 0. The number of aromatic amines is 1. The smallest absolute Gasteiger partial charge is 0.332 e. The molecule has 2 heterocycles. The molecule has 0 bridgehead atoms. The number of thioether (sulfide) groups is 1. The van der Waals surface area contributed by atoms with Crippen LogP contribution >= 0.6 is 11.8 Å². The normalized spacial score (nSPS) is 21.3. The molecule has 1 saturated carbocycles. The Hall–Kier alpha value is -2.80. The fourth-order valence-corrected chi connectivity index (χ4v) is 5.92. The van der Waals surface area contributed by atoms with Crippen molar-refractivity contribution < 1.29 is 19.0 Å². The predicted octanol–water partition coefficient (Wildman–Crippen LogP) is 5.94. The fourth-order valence-electron chi connectivity index (χ4n) is 4.84. The third-order valence-corrected chi connectivity index (χ3v) is 7.82. The second kappa shape index (κ2) is 9.21. The van der Waals surface area contributed by atoms with Crippen LogP contribution in [0.25, 0.3) is 10.9 Å². The average molecular weight is 467 g/mol. The number of hydrogen-bond donors (Lipinski definition) is 2. The summed E-state index contributed by atoms with van der Waals surface area (Å²) in [5.74, 6) is 0.463. The molecule has 0 spiro atoms. The van der Waals surface area contributed by atoms with Crippen molar-refractivity contribution in [1.82, 2.24) is 4.98 Å². The summed E-state index contributed by atoms with van der Waals surface area (Å²) in [6, 6.07) is 14.7. The molecule has 3 aromatic rings. The van der Waals surface area contributed by atoms with Crippen molar-refractivity contribution >= 4 is 33.7 Å². The van der Waals surface area contributed by atoms with E-state index in [4.69, 9.17) is 4.74 Å². The van der Waals surface area contributed by atoms with Gasteiger partial charge in [0.25, 0.3) is 0 Å². The van der Waals surface area contributed by atoms with Gasteiger partial charge in [-0.3, -0.25) is 4.99 Å². The van der Waals surface area contributed by atoms with Crippen molar-refractivity contribution in [2.45, 2.75) is 50.0 Å². The summed E-state index contributed by atoms with van der Waals surface area (Å²) in [5.41, 5.74) is 1.49. The molecule has 0 amide bonds. The molecular formula is C26H27FN2O3S. The molecule has 1 aliphatic carbocycles. The summed E-state index contributed by atoms with van der Waals surface area (Å²) in [5, 5.41) is 11.5. The van der Waals surface area contributed by atoms with Crippen LogP contribution in [-0.4, -0.2) is 39.0 Å². The number of ether oxygens (including phenoxy) is 1. The Morgan fingerprint density at radius 2 is 1.94 bits per heavy atom. The zero-order valence-corrected chi connectivity index (χ0v) is 19.2. The van der Waals surface area contributed by atoms with Crippen LogP contribution in [0, 0.1) is 5.82 Å². The van der Waals surface area contributed by atoms with E-state index in [9.17, 15) is 14.3 Å². The lowest BCUT2D eigenvalue weighted by Gasteiger charge is -2.22. The zero-order chi connectivity index (χ0) is 22.8. The number of H-pyrrole nitrogens is 1. The minimum atomic E-state index is -1.26. The molecule has 0 radical (unpaired) electrons. The van der Waals surface area contributed by atoms with Crippen molar-refractivity contribution in [2.24, 2.45) is 4.99 Å². The van der Waals surface area contributed by atoms with E-state index in [1.54, 1.807) is 6.07 Å². The van der Waals surface area contributed by atoms with Gasteiger partial charge in [-0.05, 0) is 66.1 Å². The Kier molecular flexibility index (Phi) is 6.15. The SMILES string of the molecule is O=C(O)C1(Cc2cc3ccc(F)cc3[nH]2)CSC(COc2ccc(C3CCCCC3)cc2)=N1. The van der Waals surface area contributed by atoms with Gasteiger partial charge in [0.15, 0.2) is 5.54 Å². The number of halogens is 1. The number of nitrogens with one attached hydrogen (secondary N) is 1. The highest BCUT2D eigenvalue weighted by Crippen LogP contribution is 2.34. The van der Waals surface area contributed by atoms with E-state index in [2.05, 4.69) is 22.1 Å². The van der Waals surface area contributed by atoms with Crippen LogP contribution in [0.5, 0.6) is 5.75 Å². The van der Waals surface area contributed by atoms with Gasteiger partial charge in [0.05, 0.1) is 0 Å². The Balaban J connectivity index is 1.25. The maximum absolute atomic E-state index is 13.5. The first kappa shape index (κ1) is 22.0. The summed E-state index contributed by atoms with van der Waals surface area (Å²) in [4.78, 5) is 19.9. The molecule has 2 N–H and O–H groups in total. The highest BCUT2D eigenvalue weighted by Gasteiger charge is 2.43. The van der Waals surface area contributed by atoms with E-state index in [1.165, 1.54) is 61.6 Å². The first-order valence-corrected chi connectivity index (χ1v) is 12.4. The second-order valence-corrected chi connectivity index (χ2v) is 10.1. The minimum Gasteiger partial charge on any atom is -0.487 e. The molecule has 172 valence electrons. The number of carboxylic acids is 1. The Morgan fingerprint density at radius 1 is 1.15 bits per heavy atom. The van der Waals surface area contributed by atoms with Gasteiger partial charge in [-0.25, -0.2) is 9.18 Å². The van der Waals surface area contributed by atoms with Crippen molar-refractivity contribution in [2.75, 3.05) is 12.4 Å². The van der Waals surface area contributed by atoms with Gasteiger partial charge in [-0.2, -0.15) is 0 Å². The third kappa shape index (κ3) is 4.78. The van der Waals surface area contributed by atoms with Gasteiger partial charge in [0, 0.05) is 23.4 Å². The number of rotatable bonds is 7. The molecule has 1 aromatic heterocycles. The summed E-state index contributed by atoms with van der Waals surface area (Å²) < 4.78 is 19.4. The van der Waals surface area contributed by atoms with Crippen molar-refractivity contribution in [3.63, 3.8) is 0 Å². The third-order valence-electron chi connectivity index (χ3n) is 6.66. The summed E-state index contributed by atoms with van der Waals surface area (Å²) in [6.45, 7) is 0.250. The topological polar surface area (TPSA) is 74.7 Å². The van der Waals surface area contributed by atoms with Crippen LogP contribution < -0.4 is 4.74 Å². The molecular weight excluding hydrogens is 439 g/mol. The van der Waals surface area contributed by atoms with E-state index < -0.39 is 11.5 Å². The molecule has 1 unspecified atom stereocenters. The van der Waals surface area contributed by atoms with Gasteiger partial charge in [-0.15, -0.1) is 11.8 Å². The van der Waals surface area contributed by atoms with Crippen molar-refractivity contribution in [3.05, 3.63) is 65.6 Å². The quantitative estimate of drug-likeness (QED) is 0.452. The standard InChI is InChI=1S/C26H27FN2O3S/c27-20-9-6-19-12-21(28-23(19)13-20)14-26(25(30)31)16-33-24(29-26)15-32-22-10-7-18(8-11-22)17-4-2-1-3-5-17/h6-13,17,28H,1-5,14-16H2,(H,30,31). The summed E-state index contributed by atoms with van der Waals surface area (Å²) in [6.07, 6.45) is 6.69. The maximum Gasteiger partial charge on any atom is 0.332 e. The average Bonchev–Trinajstić information content (AvgIpc) is 3.42. The number of hydrogen-bond acceptors (Lipinski definition) is 4. The monoisotopic (exact) mass is 466 g/mol. The zero-order valence-electron chi connectivity index (χ0n) is 18.4. The van der Waals surface area contributed by atoms with Crippen molar-refractivity contribution in [3.8, 4) is 5.75 Å². The highest BCUT2D eigenvalue weighted by atomic mass is 32.2. The van der Waals surface area contributed by atoms with Crippen LogP contribution in [0.3, 0.4) is 0 Å². The largest absolute Gasteiger partial charge is 0.487 e. The number of carbonyl (C=O) groups is 1. The maximum atomic E-state index is 13.5. The molecule has 2 aromatic carbocycles. The number of aliphatic carboxylic acids is 1. The van der Waals surface area contributed by atoms with Crippen molar-refractivity contribution in [1.29, 1.82) is 0 Å². The summed E-state index contributed by atoms with van der Waals surface area (Å²) >= 11 is 1.42. The van der Waals surface area contributed by atoms with Gasteiger partial charge in [0.1, 0.15) is 23.2 Å². The number of carboxylic acid groups (broad SMARTS) is 1. The second-order valence-electron chi connectivity index (χ2n) is 9.03. The first-order chi connectivity index (χ1) is 16.0. The highest BCUT2D eigenvalue weighted by molar-refractivity contribution is 8.14.